The number of ether oxygens (including phenoxy) is 3. The highest BCUT2D eigenvalue weighted by Crippen LogP contribution is 2.34. The van der Waals surface area contributed by atoms with Gasteiger partial charge in [0.25, 0.3) is 0 Å². The van der Waals surface area contributed by atoms with Crippen LogP contribution < -0.4 is 24.4 Å². The van der Waals surface area contributed by atoms with E-state index in [1.165, 1.54) is 5.56 Å². The van der Waals surface area contributed by atoms with Crippen LogP contribution in [0, 0.1) is 0 Å². The number of halogens is 1. The number of anilines is 1. The van der Waals surface area contributed by atoms with Crippen molar-refractivity contribution in [3.63, 3.8) is 0 Å². The molecule has 4 rings (SSSR count). The highest BCUT2D eigenvalue weighted by Gasteiger charge is 2.24. The monoisotopic (exact) mass is 374 g/mol. The van der Waals surface area contributed by atoms with E-state index in [1.54, 1.807) is 7.11 Å². The molecule has 2 aliphatic rings. The molecule has 2 aliphatic heterocycles. The van der Waals surface area contributed by atoms with Crippen LogP contribution in [0.2, 0.25) is 5.02 Å². The van der Waals surface area contributed by atoms with Gasteiger partial charge in [-0.2, -0.15) is 0 Å². The fourth-order valence-electron chi connectivity index (χ4n) is 3.52. The first-order chi connectivity index (χ1) is 12.7. The van der Waals surface area contributed by atoms with E-state index in [1.807, 2.05) is 24.3 Å². The minimum atomic E-state index is 0.423. The maximum Gasteiger partial charge on any atom is 0.161 e. The third-order valence-electron chi connectivity index (χ3n) is 4.87. The molecule has 0 amide bonds. The van der Waals surface area contributed by atoms with Gasteiger partial charge < -0.3 is 24.4 Å². The standard InChI is InChI=1S/C20H23ClN2O3/c1-24-18-5-3-15(21)11-17(18)23-7-6-16(13-23)22-12-14-2-4-19-20(10-14)26-9-8-25-19/h2-5,10-11,16,22H,6-9,12-13H2,1H3. The fourth-order valence-corrected chi connectivity index (χ4v) is 3.68. The summed E-state index contributed by atoms with van der Waals surface area (Å²) in [5.41, 5.74) is 2.26. The Labute approximate surface area is 158 Å². The van der Waals surface area contributed by atoms with E-state index >= 15 is 0 Å². The van der Waals surface area contributed by atoms with Gasteiger partial charge in [0.2, 0.25) is 0 Å². The van der Waals surface area contributed by atoms with Gasteiger partial charge in [-0.1, -0.05) is 17.7 Å². The molecular weight excluding hydrogens is 352 g/mol. The SMILES string of the molecule is COc1ccc(Cl)cc1N1CCC(NCc2ccc3c(c2)OCCO3)C1. The number of fused-ring (bicyclic) bond motifs is 1. The molecule has 2 aromatic carbocycles. The van der Waals surface area contributed by atoms with Crippen LogP contribution in [0.4, 0.5) is 5.69 Å². The maximum atomic E-state index is 6.17. The largest absolute Gasteiger partial charge is 0.495 e. The lowest BCUT2D eigenvalue weighted by molar-refractivity contribution is 0.171. The lowest BCUT2D eigenvalue weighted by Gasteiger charge is -2.22. The van der Waals surface area contributed by atoms with Crippen LogP contribution in [0.1, 0.15) is 12.0 Å². The van der Waals surface area contributed by atoms with E-state index in [0.717, 1.165) is 54.0 Å². The van der Waals surface area contributed by atoms with Crippen molar-refractivity contribution in [3.8, 4) is 17.2 Å². The summed E-state index contributed by atoms with van der Waals surface area (Å²) >= 11 is 6.17. The number of nitrogens with zero attached hydrogens (tertiary/aromatic N) is 1. The summed E-state index contributed by atoms with van der Waals surface area (Å²) in [6.45, 7) is 3.96. The molecule has 0 bridgehead atoms. The molecule has 1 fully saturated rings. The molecule has 1 N–H and O–H groups in total. The second kappa shape index (κ2) is 7.64. The zero-order valence-electron chi connectivity index (χ0n) is 14.8. The highest BCUT2D eigenvalue weighted by molar-refractivity contribution is 6.30. The van der Waals surface area contributed by atoms with Gasteiger partial charge in [-0.3, -0.25) is 0 Å². The third kappa shape index (κ3) is 3.69. The number of benzene rings is 2. The van der Waals surface area contributed by atoms with Crippen molar-refractivity contribution in [2.24, 2.45) is 0 Å². The number of nitrogens with one attached hydrogen (secondary N) is 1. The number of hydrogen-bond donors (Lipinski definition) is 1. The van der Waals surface area contributed by atoms with E-state index in [2.05, 4.69) is 22.3 Å². The Kier molecular flexibility index (Phi) is 5.09. The molecule has 26 heavy (non-hydrogen) atoms. The van der Waals surface area contributed by atoms with Gasteiger partial charge in [-0.25, -0.2) is 0 Å². The topological polar surface area (TPSA) is 43.0 Å². The molecule has 1 atom stereocenters. The van der Waals surface area contributed by atoms with Crippen molar-refractivity contribution in [2.45, 2.75) is 19.0 Å². The van der Waals surface area contributed by atoms with Crippen molar-refractivity contribution in [3.05, 3.63) is 47.0 Å². The molecule has 6 heteroatoms. The number of methoxy groups -OCH3 is 1. The van der Waals surface area contributed by atoms with Crippen molar-refractivity contribution in [1.29, 1.82) is 0 Å². The molecule has 2 heterocycles. The lowest BCUT2D eigenvalue weighted by Crippen LogP contribution is -2.32. The zero-order valence-corrected chi connectivity index (χ0v) is 15.6. The molecule has 1 unspecified atom stereocenters. The van der Waals surface area contributed by atoms with Gasteiger partial charge in [-0.05, 0) is 42.3 Å². The predicted octanol–water partition coefficient (Wildman–Crippen LogP) is 3.49. The Balaban J connectivity index is 1.37. The minimum absolute atomic E-state index is 0.423. The molecule has 0 saturated carbocycles. The highest BCUT2D eigenvalue weighted by atomic mass is 35.5. The van der Waals surface area contributed by atoms with E-state index in [4.69, 9.17) is 25.8 Å². The first-order valence-corrected chi connectivity index (χ1v) is 9.31. The van der Waals surface area contributed by atoms with Crippen molar-refractivity contribution in [1.82, 2.24) is 5.32 Å². The molecule has 1 saturated heterocycles. The summed E-state index contributed by atoms with van der Waals surface area (Å²) in [6.07, 6.45) is 1.08. The molecule has 138 valence electrons. The summed E-state index contributed by atoms with van der Waals surface area (Å²) in [6, 6.07) is 12.3. The van der Waals surface area contributed by atoms with Crippen LogP contribution in [0.3, 0.4) is 0 Å². The van der Waals surface area contributed by atoms with Crippen LogP contribution >= 0.6 is 11.6 Å². The minimum Gasteiger partial charge on any atom is -0.495 e. The van der Waals surface area contributed by atoms with E-state index in [0.29, 0.717) is 19.3 Å². The second-order valence-corrected chi connectivity index (χ2v) is 7.04. The molecule has 5 nitrogen and oxygen atoms in total. The Morgan fingerprint density at radius 3 is 2.85 bits per heavy atom. The van der Waals surface area contributed by atoms with E-state index in [9.17, 15) is 0 Å². The quantitative estimate of drug-likeness (QED) is 0.867. The molecule has 2 aromatic rings. The van der Waals surface area contributed by atoms with Gasteiger partial charge in [0, 0.05) is 30.7 Å². The van der Waals surface area contributed by atoms with Crippen LogP contribution in [0.5, 0.6) is 17.2 Å². The van der Waals surface area contributed by atoms with Gasteiger partial charge in [0.15, 0.2) is 11.5 Å². The average Bonchev–Trinajstić information content (AvgIpc) is 3.15. The van der Waals surface area contributed by atoms with E-state index in [-0.39, 0.29) is 0 Å². The summed E-state index contributed by atoms with van der Waals surface area (Å²) in [5.74, 6) is 2.54. The normalized spacial score (nSPS) is 18.8. The van der Waals surface area contributed by atoms with Crippen molar-refractivity contribution >= 4 is 17.3 Å². The number of rotatable bonds is 5. The lowest BCUT2D eigenvalue weighted by atomic mass is 10.1. The number of hydrogen-bond acceptors (Lipinski definition) is 5. The zero-order chi connectivity index (χ0) is 17.9. The van der Waals surface area contributed by atoms with Gasteiger partial charge in [0.1, 0.15) is 19.0 Å². The average molecular weight is 375 g/mol. The molecule has 0 aliphatic carbocycles. The van der Waals surface area contributed by atoms with E-state index < -0.39 is 0 Å². The summed E-state index contributed by atoms with van der Waals surface area (Å²) in [7, 11) is 1.69. The van der Waals surface area contributed by atoms with Crippen molar-refractivity contribution < 1.29 is 14.2 Å². The van der Waals surface area contributed by atoms with Crippen LogP contribution in [0.15, 0.2) is 36.4 Å². The molecule has 0 radical (unpaired) electrons. The van der Waals surface area contributed by atoms with Crippen LogP contribution in [-0.4, -0.2) is 39.5 Å². The fraction of sp³-hybridized carbons (Fsp3) is 0.400. The Morgan fingerprint density at radius 1 is 1.15 bits per heavy atom. The van der Waals surface area contributed by atoms with Gasteiger partial charge in [-0.15, -0.1) is 0 Å². The second-order valence-electron chi connectivity index (χ2n) is 6.61. The van der Waals surface area contributed by atoms with Crippen LogP contribution in [0.25, 0.3) is 0 Å². The first kappa shape index (κ1) is 17.3. The molecule has 0 aromatic heterocycles. The Morgan fingerprint density at radius 2 is 2.00 bits per heavy atom. The predicted molar refractivity (Wildman–Crippen MR) is 103 cm³/mol. The Hall–Kier alpha value is -2.11. The summed E-state index contributed by atoms with van der Waals surface area (Å²) in [5, 5.41) is 4.37. The maximum absolute atomic E-state index is 6.17. The molecular formula is C20H23ClN2O3. The van der Waals surface area contributed by atoms with Crippen LogP contribution in [-0.2, 0) is 6.54 Å². The molecule has 0 spiro atoms. The summed E-state index contributed by atoms with van der Waals surface area (Å²) < 4.78 is 16.7. The van der Waals surface area contributed by atoms with Crippen molar-refractivity contribution in [2.75, 3.05) is 38.3 Å². The first-order valence-electron chi connectivity index (χ1n) is 8.93. The smallest absolute Gasteiger partial charge is 0.161 e. The Bertz CT molecular complexity index is 784. The van der Waals surface area contributed by atoms with Gasteiger partial charge >= 0.3 is 0 Å². The van der Waals surface area contributed by atoms with Gasteiger partial charge in [0.05, 0.1) is 12.8 Å². The third-order valence-corrected chi connectivity index (χ3v) is 5.11. The summed E-state index contributed by atoms with van der Waals surface area (Å²) in [4.78, 5) is 2.33.